The summed E-state index contributed by atoms with van der Waals surface area (Å²) < 4.78 is 27.0. The van der Waals surface area contributed by atoms with Crippen LogP contribution in [0.15, 0.2) is 23.2 Å². The molecule has 0 saturated carbocycles. The number of nitrogens with two attached hydrogens (primary N) is 1. The molecule has 0 aliphatic heterocycles. The van der Waals surface area contributed by atoms with Gasteiger partial charge in [-0.2, -0.15) is 0 Å². The highest BCUT2D eigenvalue weighted by Crippen LogP contribution is 2.15. The first kappa shape index (κ1) is 15.9. The molecule has 1 aromatic heterocycles. The fourth-order valence-corrected chi connectivity index (χ4v) is 3.08. The van der Waals surface area contributed by atoms with Gasteiger partial charge in [0.05, 0.1) is 4.90 Å². The molecule has 0 amide bonds. The number of nitrogen functional groups attached to an aromatic ring is 1. The van der Waals surface area contributed by atoms with Crippen LogP contribution < -0.4 is 16.0 Å². The number of hydrogen-bond donors (Lipinski definition) is 3. The summed E-state index contributed by atoms with van der Waals surface area (Å²) in [4.78, 5) is 4.04. The lowest BCUT2D eigenvalue weighted by Gasteiger charge is -2.17. The lowest BCUT2D eigenvalue weighted by atomic mass is 10.0. The van der Waals surface area contributed by atoms with Crippen LogP contribution in [-0.2, 0) is 10.0 Å². The van der Waals surface area contributed by atoms with Crippen molar-refractivity contribution < 1.29 is 8.42 Å². The molecule has 2 unspecified atom stereocenters. The zero-order valence-corrected chi connectivity index (χ0v) is 12.4. The standard InChI is InChI=1S/C12H22N4O2S/c1-4-9(2)7-10(3)16-19(17,18)11-5-6-14-12(8-11)15-13/h5-6,8-10,16H,4,7,13H2,1-3H3,(H,14,15). The van der Waals surface area contributed by atoms with E-state index in [-0.39, 0.29) is 10.9 Å². The highest BCUT2D eigenvalue weighted by molar-refractivity contribution is 7.89. The number of nitrogens with zero attached hydrogens (tertiary/aromatic N) is 1. The van der Waals surface area contributed by atoms with Crippen LogP contribution in [0.25, 0.3) is 0 Å². The van der Waals surface area contributed by atoms with Crippen molar-refractivity contribution in [2.75, 3.05) is 5.43 Å². The van der Waals surface area contributed by atoms with Crippen LogP contribution in [-0.4, -0.2) is 19.4 Å². The van der Waals surface area contributed by atoms with E-state index in [0.29, 0.717) is 11.7 Å². The SMILES string of the molecule is CCC(C)CC(C)NS(=O)(=O)c1ccnc(NN)c1. The molecular formula is C12H22N4O2S. The second-order valence-electron chi connectivity index (χ2n) is 4.79. The van der Waals surface area contributed by atoms with E-state index in [2.05, 4.69) is 29.0 Å². The molecule has 4 N–H and O–H groups in total. The van der Waals surface area contributed by atoms with Crippen LogP contribution in [0.1, 0.15) is 33.6 Å². The Morgan fingerprint density at radius 1 is 1.42 bits per heavy atom. The second-order valence-corrected chi connectivity index (χ2v) is 6.51. The van der Waals surface area contributed by atoms with Crippen LogP contribution in [0, 0.1) is 5.92 Å². The Kier molecular flexibility index (Phi) is 5.71. The Hall–Kier alpha value is -1.18. The van der Waals surface area contributed by atoms with Crippen LogP contribution in [0.2, 0.25) is 0 Å². The van der Waals surface area contributed by atoms with Gasteiger partial charge in [-0.3, -0.25) is 0 Å². The summed E-state index contributed by atoms with van der Waals surface area (Å²) in [6.45, 7) is 6.06. The number of hydrazine groups is 1. The third-order valence-electron chi connectivity index (χ3n) is 3.00. The van der Waals surface area contributed by atoms with Crippen molar-refractivity contribution in [1.82, 2.24) is 9.71 Å². The molecule has 1 rings (SSSR count). The summed E-state index contributed by atoms with van der Waals surface area (Å²) in [5.74, 6) is 6.02. The topological polar surface area (TPSA) is 97.1 Å². The Balaban J connectivity index is 2.80. The molecule has 0 bridgehead atoms. The Bertz CT molecular complexity index is 504. The van der Waals surface area contributed by atoms with Crippen molar-refractivity contribution in [2.24, 2.45) is 11.8 Å². The van der Waals surface area contributed by atoms with Gasteiger partial charge < -0.3 is 5.43 Å². The van der Waals surface area contributed by atoms with Gasteiger partial charge in [0.2, 0.25) is 10.0 Å². The number of pyridine rings is 1. The predicted octanol–water partition coefficient (Wildman–Crippen LogP) is 1.47. The summed E-state index contributed by atoms with van der Waals surface area (Å²) in [6.07, 6.45) is 3.24. The first-order valence-corrected chi connectivity index (χ1v) is 7.82. The van der Waals surface area contributed by atoms with Crippen LogP contribution in [0.3, 0.4) is 0 Å². The fraction of sp³-hybridized carbons (Fsp3) is 0.583. The molecule has 6 nitrogen and oxygen atoms in total. The lowest BCUT2D eigenvalue weighted by molar-refractivity contribution is 0.445. The third kappa shape index (κ3) is 4.77. The van der Waals surface area contributed by atoms with Crippen molar-refractivity contribution >= 4 is 15.8 Å². The van der Waals surface area contributed by atoms with E-state index in [1.54, 1.807) is 0 Å². The lowest BCUT2D eigenvalue weighted by Crippen LogP contribution is -2.33. The second kappa shape index (κ2) is 6.83. The minimum atomic E-state index is -3.53. The zero-order valence-electron chi connectivity index (χ0n) is 11.6. The first-order chi connectivity index (χ1) is 8.89. The summed E-state index contributed by atoms with van der Waals surface area (Å²) in [7, 11) is -3.53. The number of hydrogen-bond acceptors (Lipinski definition) is 5. The molecule has 1 aromatic rings. The summed E-state index contributed by atoms with van der Waals surface area (Å²) in [6, 6.07) is 2.74. The fourth-order valence-electron chi connectivity index (χ4n) is 1.81. The van der Waals surface area contributed by atoms with Gasteiger partial charge in [0.1, 0.15) is 5.82 Å². The number of nitrogens with one attached hydrogen (secondary N) is 2. The average Bonchev–Trinajstić information content (AvgIpc) is 2.37. The molecular weight excluding hydrogens is 264 g/mol. The molecule has 0 saturated heterocycles. The molecule has 0 aromatic carbocycles. The van der Waals surface area contributed by atoms with Gasteiger partial charge >= 0.3 is 0 Å². The largest absolute Gasteiger partial charge is 0.308 e. The molecule has 108 valence electrons. The maximum atomic E-state index is 12.2. The van der Waals surface area contributed by atoms with E-state index in [1.807, 2.05) is 6.92 Å². The predicted molar refractivity (Wildman–Crippen MR) is 75.9 cm³/mol. The van der Waals surface area contributed by atoms with Crippen molar-refractivity contribution in [2.45, 2.75) is 44.6 Å². The number of aromatic nitrogens is 1. The maximum Gasteiger partial charge on any atom is 0.240 e. The molecule has 19 heavy (non-hydrogen) atoms. The van der Waals surface area contributed by atoms with Gasteiger partial charge in [-0.15, -0.1) is 0 Å². The van der Waals surface area contributed by atoms with E-state index >= 15 is 0 Å². The van der Waals surface area contributed by atoms with Crippen LogP contribution >= 0.6 is 0 Å². The van der Waals surface area contributed by atoms with E-state index in [0.717, 1.165) is 12.8 Å². The minimum Gasteiger partial charge on any atom is -0.308 e. The van der Waals surface area contributed by atoms with Crippen molar-refractivity contribution in [3.05, 3.63) is 18.3 Å². The molecule has 2 atom stereocenters. The molecule has 0 fully saturated rings. The Morgan fingerprint density at radius 2 is 2.11 bits per heavy atom. The minimum absolute atomic E-state index is 0.109. The zero-order chi connectivity index (χ0) is 14.5. The van der Waals surface area contributed by atoms with E-state index in [4.69, 9.17) is 5.84 Å². The normalized spacial score (nSPS) is 14.9. The monoisotopic (exact) mass is 286 g/mol. The van der Waals surface area contributed by atoms with Gasteiger partial charge in [0, 0.05) is 18.3 Å². The Morgan fingerprint density at radius 3 is 2.68 bits per heavy atom. The van der Waals surface area contributed by atoms with Gasteiger partial charge in [-0.05, 0) is 25.3 Å². The molecule has 7 heteroatoms. The van der Waals surface area contributed by atoms with E-state index < -0.39 is 10.0 Å². The van der Waals surface area contributed by atoms with Crippen LogP contribution in [0.5, 0.6) is 0 Å². The number of anilines is 1. The van der Waals surface area contributed by atoms with Crippen molar-refractivity contribution in [1.29, 1.82) is 0 Å². The highest BCUT2D eigenvalue weighted by Gasteiger charge is 2.19. The maximum absolute atomic E-state index is 12.2. The van der Waals surface area contributed by atoms with E-state index in [1.165, 1.54) is 18.3 Å². The summed E-state index contributed by atoms with van der Waals surface area (Å²) in [5, 5.41) is 0. The van der Waals surface area contributed by atoms with Gasteiger partial charge in [-0.1, -0.05) is 20.3 Å². The highest BCUT2D eigenvalue weighted by atomic mass is 32.2. The summed E-state index contributed by atoms with van der Waals surface area (Å²) in [5.41, 5.74) is 2.33. The Labute approximate surface area is 114 Å². The van der Waals surface area contributed by atoms with Gasteiger partial charge in [0.25, 0.3) is 0 Å². The number of sulfonamides is 1. The third-order valence-corrected chi connectivity index (χ3v) is 4.59. The van der Waals surface area contributed by atoms with Gasteiger partial charge in [-0.25, -0.2) is 24.0 Å². The van der Waals surface area contributed by atoms with Crippen LogP contribution in [0.4, 0.5) is 5.82 Å². The average molecular weight is 286 g/mol. The van der Waals surface area contributed by atoms with Gasteiger partial charge in [0.15, 0.2) is 0 Å². The molecule has 0 aliphatic carbocycles. The first-order valence-electron chi connectivity index (χ1n) is 6.34. The van der Waals surface area contributed by atoms with Crippen molar-refractivity contribution in [3.63, 3.8) is 0 Å². The van der Waals surface area contributed by atoms with E-state index in [9.17, 15) is 8.42 Å². The quantitative estimate of drug-likeness (QED) is 0.521. The van der Waals surface area contributed by atoms with Crippen molar-refractivity contribution in [3.8, 4) is 0 Å². The molecule has 0 spiro atoms. The smallest absolute Gasteiger partial charge is 0.240 e. The summed E-state index contributed by atoms with van der Waals surface area (Å²) >= 11 is 0. The molecule has 0 radical (unpaired) electrons. The molecule has 0 aliphatic rings. The number of rotatable bonds is 7. The molecule has 1 heterocycles.